The number of hydrogen-bond donors (Lipinski definition) is 0. The minimum absolute atomic E-state index is 0.0484. The maximum absolute atomic E-state index is 12.3. The molecule has 0 radical (unpaired) electrons. The van der Waals surface area contributed by atoms with Gasteiger partial charge >= 0.3 is 0 Å². The van der Waals surface area contributed by atoms with E-state index in [-0.39, 0.29) is 16.2 Å². The Labute approximate surface area is 158 Å². The fourth-order valence-electron chi connectivity index (χ4n) is 2.84. The van der Waals surface area contributed by atoms with Crippen molar-refractivity contribution < 1.29 is 17.9 Å². The lowest BCUT2D eigenvalue weighted by Gasteiger charge is -2.24. The first-order valence-corrected chi connectivity index (χ1v) is 11.3. The molecule has 3 rings (SSSR count). The second-order valence-corrected chi connectivity index (χ2v) is 9.19. The fourth-order valence-corrected chi connectivity index (χ4v) is 4.65. The predicted octanol–water partition coefficient (Wildman–Crippen LogP) is 3.26. The highest BCUT2D eigenvalue weighted by atomic mass is 32.2. The molecule has 26 heavy (non-hydrogen) atoms. The number of nitrogens with zero attached hydrogens (tertiary/aromatic N) is 1. The van der Waals surface area contributed by atoms with Gasteiger partial charge in [0.2, 0.25) is 5.91 Å². The van der Waals surface area contributed by atoms with Crippen LogP contribution in [0.5, 0.6) is 5.75 Å². The van der Waals surface area contributed by atoms with Crippen LogP contribution < -0.4 is 4.74 Å². The van der Waals surface area contributed by atoms with Gasteiger partial charge in [0.1, 0.15) is 11.1 Å². The average Bonchev–Trinajstić information content (AvgIpc) is 2.96. The largest absolute Gasteiger partial charge is 0.494 e. The zero-order valence-corrected chi connectivity index (χ0v) is 16.3. The van der Waals surface area contributed by atoms with Gasteiger partial charge in [-0.15, -0.1) is 11.8 Å². The number of carbonyl (C=O) groups excluding carboxylic acids is 1. The zero-order valence-electron chi connectivity index (χ0n) is 14.7. The van der Waals surface area contributed by atoms with Crippen LogP contribution in [0.15, 0.2) is 53.4 Å². The maximum Gasteiger partial charge on any atom is 0.234 e. The molecule has 0 aliphatic carbocycles. The van der Waals surface area contributed by atoms with Crippen molar-refractivity contribution in [3.05, 3.63) is 59.7 Å². The van der Waals surface area contributed by atoms with Gasteiger partial charge in [0.25, 0.3) is 0 Å². The lowest BCUT2D eigenvalue weighted by Crippen LogP contribution is -2.27. The third-order valence-electron chi connectivity index (χ3n) is 4.15. The topological polar surface area (TPSA) is 63.7 Å². The van der Waals surface area contributed by atoms with Gasteiger partial charge in [-0.1, -0.05) is 24.3 Å². The van der Waals surface area contributed by atoms with Crippen LogP contribution in [0, 0.1) is 0 Å². The van der Waals surface area contributed by atoms with Crippen LogP contribution in [-0.2, 0) is 21.2 Å². The number of hydrogen-bond acceptors (Lipinski definition) is 5. The molecule has 0 aromatic heterocycles. The standard InChI is InChI=1S/C19H21NO4S2/c1-3-24-16-8-6-15(7-9-16)19-20(18(21)13-25-19)12-14-4-10-17(11-5-14)26(2,22)23/h4-11,19H,3,12-13H2,1-2H3. The minimum Gasteiger partial charge on any atom is -0.494 e. The number of sulfone groups is 1. The van der Waals surface area contributed by atoms with Crippen LogP contribution in [0.2, 0.25) is 0 Å². The summed E-state index contributed by atoms with van der Waals surface area (Å²) < 4.78 is 28.6. The SMILES string of the molecule is CCOc1ccc(C2SCC(=O)N2Cc2ccc(S(C)(=O)=O)cc2)cc1. The molecule has 0 bridgehead atoms. The first-order chi connectivity index (χ1) is 12.4. The van der Waals surface area contributed by atoms with Gasteiger partial charge in [0.15, 0.2) is 9.84 Å². The molecule has 0 N–H and O–H groups in total. The number of amides is 1. The zero-order chi connectivity index (χ0) is 18.7. The Bertz CT molecular complexity index is 877. The highest BCUT2D eigenvalue weighted by molar-refractivity contribution is 8.00. The van der Waals surface area contributed by atoms with Crippen LogP contribution in [0.1, 0.15) is 23.4 Å². The Morgan fingerprint density at radius 3 is 2.35 bits per heavy atom. The van der Waals surface area contributed by atoms with Crippen molar-refractivity contribution in [2.75, 3.05) is 18.6 Å². The van der Waals surface area contributed by atoms with Gasteiger partial charge in [-0.05, 0) is 42.3 Å². The Morgan fingerprint density at radius 1 is 1.12 bits per heavy atom. The van der Waals surface area contributed by atoms with Crippen LogP contribution in [0.4, 0.5) is 0 Å². The first-order valence-electron chi connectivity index (χ1n) is 8.31. The van der Waals surface area contributed by atoms with E-state index in [0.717, 1.165) is 16.9 Å². The van der Waals surface area contributed by atoms with E-state index in [1.54, 1.807) is 36.0 Å². The van der Waals surface area contributed by atoms with E-state index < -0.39 is 9.84 Å². The molecule has 1 aliphatic rings. The fraction of sp³-hybridized carbons (Fsp3) is 0.316. The molecular weight excluding hydrogens is 370 g/mol. The predicted molar refractivity (Wildman–Crippen MR) is 103 cm³/mol. The molecule has 138 valence electrons. The van der Waals surface area contributed by atoms with Gasteiger partial charge in [-0.2, -0.15) is 0 Å². The summed E-state index contributed by atoms with van der Waals surface area (Å²) in [6.45, 7) is 3.01. The number of ether oxygens (including phenoxy) is 1. The number of carbonyl (C=O) groups is 1. The summed E-state index contributed by atoms with van der Waals surface area (Å²) in [6.07, 6.45) is 1.19. The van der Waals surface area contributed by atoms with E-state index in [2.05, 4.69) is 0 Å². The normalized spacial score (nSPS) is 17.5. The van der Waals surface area contributed by atoms with E-state index >= 15 is 0 Å². The molecule has 1 saturated heterocycles. The van der Waals surface area contributed by atoms with Crippen molar-refractivity contribution in [1.29, 1.82) is 0 Å². The van der Waals surface area contributed by atoms with Crippen molar-refractivity contribution in [2.24, 2.45) is 0 Å². The lowest BCUT2D eigenvalue weighted by molar-refractivity contribution is -0.128. The molecule has 2 aromatic carbocycles. The van der Waals surface area contributed by atoms with Crippen LogP contribution in [-0.4, -0.2) is 37.8 Å². The van der Waals surface area contributed by atoms with Crippen molar-refractivity contribution in [1.82, 2.24) is 4.90 Å². The summed E-state index contributed by atoms with van der Waals surface area (Å²) in [6, 6.07) is 14.5. The molecule has 1 fully saturated rings. The monoisotopic (exact) mass is 391 g/mol. The van der Waals surface area contributed by atoms with E-state index in [9.17, 15) is 13.2 Å². The van der Waals surface area contributed by atoms with E-state index in [4.69, 9.17) is 4.74 Å². The van der Waals surface area contributed by atoms with Gasteiger partial charge in [0.05, 0.1) is 17.3 Å². The molecule has 5 nitrogen and oxygen atoms in total. The van der Waals surface area contributed by atoms with E-state index in [1.165, 1.54) is 6.26 Å². The van der Waals surface area contributed by atoms with Gasteiger partial charge in [-0.3, -0.25) is 4.79 Å². The van der Waals surface area contributed by atoms with Crippen molar-refractivity contribution in [3.63, 3.8) is 0 Å². The minimum atomic E-state index is -3.22. The Morgan fingerprint density at radius 2 is 1.77 bits per heavy atom. The Hall–Kier alpha value is -1.99. The molecule has 0 saturated carbocycles. The molecule has 0 spiro atoms. The second-order valence-electron chi connectivity index (χ2n) is 6.10. The van der Waals surface area contributed by atoms with Crippen molar-refractivity contribution in [3.8, 4) is 5.75 Å². The molecule has 2 aromatic rings. The third-order valence-corrected chi connectivity index (χ3v) is 6.53. The van der Waals surface area contributed by atoms with Crippen LogP contribution in [0.3, 0.4) is 0 Å². The molecule has 1 atom stereocenters. The summed E-state index contributed by atoms with van der Waals surface area (Å²) in [5, 5.41) is -0.0484. The van der Waals surface area contributed by atoms with Crippen molar-refractivity contribution >= 4 is 27.5 Å². The third kappa shape index (κ3) is 4.22. The van der Waals surface area contributed by atoms with E-state index in [1.807, 2.05) is 36.1 Å². The molecule has 1 aliphatic heterocycles. The summed E-state index contributed by atoms with van der Waals surface area (Å²) >= 11 is 1.60. The van der Waals surface area contributed by atoms with Gasteiger partial charge < -0.3 is 9.64 Å². The summed E-state index contributed by atoms with van der Waals surface area (Å²) in [7, 11) is -3.22. The van der Waals surface area contributed by atoms with Gasteiger partial charge in [-0.25, -0.2) is 8.42 Å². The molecule has 1 unspecified atom stereocenters. The van der Waals surface area contributed by atoms with Gasteiger partial charge in [0, 0.05) is 12.8 Å². The van der Waals surface area contributed by atoms with Crippen molar-refractivity contribution in [2.45, 2.75) is 23.7 Å². The van der Waals surface area contributed by atoms with Crippen LogP contribution in [0.25, 0.3) is 0 Å². The highest BCUT2D eigenvalue weighted by Gasteiger charge is 2.32. The Balaban J connectivity index is 1.77. The summed E-state index contributed by atoms with van der Waals surface area (Å²) in [5.41, 5.74) is 1.96. The molecule has 7 heteroatoms. The van der Waals surface area contributed by atoms with E-state index in [0.29, 0.717) is 18.9 Å². The molecule has 1 heterocycles. The average molecular weight is 392 g/mol. The summed E-state index contributed by atoms with van der Waals surface area (Å²) in [5.74, 6) is 1.34. The maximum atomic E-state index is 12.3. The first kappa shape index (κ1) is 18.8. The quantitative estimate of drug-likeness (QED) is 0.756. The smallest absolute Gasteiger partial charge is 0.234 e. The van der Waals surface area contributed by atoms with Crippen LogP contribution >= 0.6 is 11.8 Å². The highest BCUT2D eigenvalue weighted by Crippen LogP contribution is 2.40. The Kier molecular flexibility index (Phi) is 5.58. The summed E-state index contributed by atoms with van der Waals surface area (Å²) in [4.78, 5) is 14.5. The molecular formula is C19H21NO4S2. The number of rotatable bonds is 6. The number of benzene rings is 2. The molecule has 1 amide bonds. The number of thioether (sulfide) groups is 1. The lowest BCUT2D eigenvalue weighted by atomic mass is 10.1. The second kappa shape index (κ2) is 7.72.